The van der Waals surface area contributed by atoms with Crippen molar-refractivity contribution in [3.8, 4) is 5.75 Å². The Bertz CT molecular complexity index is 595. The zero-order valence-electron chi connectivity index (χ0n) is 11.5. The molecule has 3 rings (SSSR count). The SMILES string of the molecule is CCc1nc(COc2ccc3c(c2)[C@@H](O)CCC3)no1. The number of hydrogen-bond acceptors (Lipinski definition) is 5. The van der Waals surface area contributed by atoms with E-state index in [0.717, 1.165) is 37.0 Å². The molecule has 20 heavy (non-hydrogen) atoms. The largest absolute Gasteiger partial charge is 0.485 e. The zero-order chi connectivity index (χ0) is 13.9. The quantitative estimate of drug-likeness (QED) is 0.928. The van der Waals surface area contributed by atoms with Crippen LogP contribution in [0.5, 0.6) is 5.75 Å². The monoisotopic (exact) mass is 274 g/mol. The summed E-state index contributed by atoms with van der Waals surface area (Å²) in [5.74, 6) is 1.89. The van der Waals surface area contributed by atoms with E-state index in [1.165, 1.54) is 5.56 Å². The summed E-state index contributed by atoms with van der Waals surface area (Å²) in [6.45, 7) is 2.24. The van der Waals surface area contributed by atoms with Crippen molar-refractivity contribution in [1.29, 1.82) is 0 Å². The van der Waals surface area contributed by atoms with Gasteiger partial charge in [0.1, 0.15) is 5.75 Å². The van der Waals surface area contributed by atoms with Crippen LogP contribution in [-0.4, -0.2) is 15.2 Å². The first kappa shape index (κ1) is 13.1. The van der Waals surface area contributed by atoms with Gasteiger partial charge in [0.25, 0.3) is 0 Å². The lowest BCUT2D eigenvalue weighted by Gasteiger charge is -2.21. The average molecular weight is 274 g/mol. The second-order valence-corrected chi connectivity index (χ2v) is 5.02. The molecule has 1 aromatic heterocycles. The number of aryl methyl sites for hydroxylation is 2. The van der Waals surface area contributed by atoms with Crippen LogP contribution in [0.4, 0.5) is 0 Å². The molecule has 1 aromatic carbocycles. The highest BCUT2D eigenvalue weighted by atomic mass is 16.5. The van der Waals surface area contributed by atoms with Gasteiger partial charge in [0.15, 0.2) is 6.61 Å². The van der Waals surface area contributed by atoms with E-state index in [1.807, 2.05) is 25.1 Å². The molecule has 0 radical (unpaired) electrons. The molecule has 0 aliphatic heterocycles. The van der Waals surface area contributed by atoms with E-state index in [9.17, 15) is 5.11 Å². The van der Waals surface area contributed by atoms with Gasteiger partial charge in [-0.3, -0.25) is 0 Å². The maximum absolute atomic E-state index is 10.0. The van der Waals surface area contributed by atoms with E-state index in [4.69, 9.17) is 9.26 Å². The summed E-state index contributed by atoms with van der Waals surface area (Å²) in [6.07, 6.45) is 3.23. The Kier molecular flexibility index (Phi) is 3.69. The van der Waals surface area contributed by atoms with Gasteiger partial charge in [-0.05, 0) is 42.5 Å². The van der Waals surface area contributed by atoms with Crippen LogP contribution in [0, 0.1) is 0 Å². The molecule has 0 saturated heterocycles. The molecule has 1 N–H and O–H groups in total. The molecule has 0 spiro atoms. The van der Waals surface area contributed by atoms with Crippen LogP contribution in [0.2, 0.25) is 0 Å². The molecular formula is C15H18N2O3. The van der Waals surface area contributed by atoms with Crippen LogP contribution in [0.1, 0.15) is 48.7 Å². The first-order valence-corrected chi connectivity index (χ1v) is 7.01. The number of benzene rings is 1. The lowest BCUT2D eigenvalue weighted by atomic mass is 9.89. The van der Waals surface area contributed by atoms with Crippen LogP contribution in [0.3, 0.4) is 0 Å². The van der Waals surface area contributed by atoms with Gasteiger partial charge in [0, 0.05) is 6.42 Å². The minimum absolute atomic E-state index is 0.276. The maximum atomic E-state index is 10.0. The van der Waals surface area contributed by atoms with Gasteiger partial charge in [-0.2, -0.15) is 4.98 Å². The van der Waals surface area contributed by atoms with E-state index >= 15 is 0 Å². The Morgan fingerprint density at radius 2 is 2.35 bits per heavy atom. The van der Waals surface area contributed by atoms with Gasteiger partial charge in [0.05, 0.1) is 6.10 Å². The van der Waals surface area contributed by atoms with Crippen molar-refractivity contribution >= 4 is 0 Å². The summed E-state index contributed by atoms with van der Waals surface area (Å²) in [4.78, 5) is 4.19. The molecule has 0 saturated carbocycles. The van der Waals surface area contributed by atoms with E-state index < -0.39 is 0 Å². The van der Waals surface area contributed by atoms with Crippen molar-refractivity contribution < 1.29 is 14.4 Å². The van der Waals surface area contributed by atoms with Crippen molar-refractivity contribution in [2.75, 3.05) is 0 Å². The van der Waals surface area contributed by atoms with E-state index in [1.54, 1.807) is 0 Å². The van der Waals surface area contributed by atoms with Gasteiger partial charge in [0.2, 0.25) is 11.7 Å². The molecule has 1 heterocycles. The Labute approximate surface area is 117 Å². The Morgan fingerprint density at radius 3 is 3.15 bits per heavy atom. The fourth-order valence-electron chi connectivity index (χ4n) is 2.48. The summed E-state index contributed by atoms with van der Waals surface area (Å²) >= 11 is 0. The van der Waals surface area contributed by atoms with Gasteiger partial charge < -0.3 is 14.4 Å². The van der Waals surface area contributed by atoms with E-state index in [-0.39, 0.29) is 12.7 Å². The minimum atomic E-state index is -0.376. The fraction of sp³-hybridized carbons (Fsp3) is 0.467. The smallest absolute Gasteiger partial charge is 0.226 e. The van der Waals surface area contributed by atoms with Crippen LogP contribution in [0.25, 0.3) is 0 Å². The second-order valence-electron chi connectivity index (χ2n) is 5.02. The van der Waals surface area contributed by atoms with Crippen LogP contribution >= 0.6 is 0 Å². The number of aliphatic hydroxyl groups excluding tert-OH is 1. The summed E-state index contributed by atoms with van der Waals surface area (Å²) < 4.78 is 10.7. The molecular weight excluding hydrogens is 256 g/mol. The average Bonchev–Trinajstić information content (AvgIpc) is 2.94. The number of hydrogen-bond donors (Lipinski definition) is 1. The van der Waals surface area contributed by atoms with Gasteiger partial charge in [-0.1, -0.05) is 18.1 Å². The topological polar surface area (TPSA) is 68.4 Å². The Hall–Kier alpha value is -1.88. The third-order valence-corrected chi connectivity index (χ3v) is 3.58. The Balaban J connectivity index is 1.70. The molecule has 0 unspecified atom stereocenters. The first-order valence-electron chi connectivity index (χ1n) is 7.01. The predicted octanol–water partition coefficient (Wildman–Crippen LogP) is 2.58. The minimum Gasteiger partial charge on any atom is -0.485 e. The van der Waals surface area contributed by atoms with Crippen molar-refractivity contribution in [1.82, 2.24) is 10.1 Å². The van der Waals surface area contributed by atoms with Gasteiger partial charge in [-0.25, -0.2) is 0 Å². The van der Waals surface area contributed by atoms with E-state index in [0.29, 0.717) is 11.7 Å². The number of aromatic nitrogens is 2. The van der Waals surface area contributed by atoms with Crippen molar-refractivity contribution in [2.24, 2.45) is 0 Å². The third-order valence-electron chi connectivity index (χ3n) is 3.58. The fourth-order valence-corrected chi connectivity index (χ4v) is 2.48. The Morgan fingerprint density at radius 1 is 1.45 bits per heavy atom. The normalized spacial score (nSPS) is 17.8. The zero-order valence-corrected chi connectivity index (χ0v) is 11.5. The maximum Gasteiger partial charge on any atom is 0.226 e. The summed E-state index contributed by atoms with van der Waals surface area (Å²) in [6, 6.07) is 5.87. The second kappa shape index (κ2) is 5.63. The van der Waals surface area contributed by atoms with Crippen LogP contribution in [-0.2, 0) is 19.4 Å². The number of ether oxygens (including phenoxy) is 1. The highest BCUT2D eigenvalue weighted by Crippen LogP contribution is 2.32. The number of aliphatic hydroxyl groups is 1. The van der Waals surface area contributed by atoms with E-state index in [2.05, 4.69) is 10.1 Å². The summed E-state index contributed by atoms with van der Waals surface area (Å²) in [5, 5.41) is 13.9. The molecule has 5 heteroatoms. The third kappa shape index (κ3) is 2.67. The molecule has 0 bridgehead atoms. The van der Waals surface area contributed by atoms with Crippen molar-refractivity contribution in [3.63, 3.8) is 0 Å². The molecule has 5 nitrogen and oxygen atoms in total. The highest BCUT2D eigenvalue weighted by molar-refractivity contribution is 5.38. The molecule has 106 valence electrons. The molecule has 1 atom stereocenters. The first-order chi connectivity index (χ1) is 9.76. The van der Waals surface area contributed by atoms with Crippen molar-refractivity contribution in [3.05, 3.63) is 41.0 Å². The molecule has 1 aliphatic rings. The number of fused-ring (bicyclic) bond motifs is 1. The number of nitrogens with zero attached hydrogens (tertiary/aromatic N) is 2. The highest BCUT2D eigenvalue weighted by Gasteiger charge is 2.18. The molecule has 1 aliphatic carbocycles. The molecule has 2 aromatic rings. The number of rotatable bonds is 4. The molecule has 0 fully saturated rings. The van der Waals surface area contributed by atoms with Crippen molar-refractivity contribution in [2.45, 2.75) is 45.3 Å². The van der Waals surface area contributed by atoms with Gasteiger partial charge >= 0.3 is 0 Å². The lowest BCUT2D eigenvalue weighted by molar-refractivity contribution is 0.156. The summed E-state index contributed by atoms with van der Waals surface area (Å²) in [7, 11) is 0. The standard InChI is InChI=1S/C15H18N2O3/c1-2-15-16-14(17-20-15)9-19-11-7-6-10-4-3-5-13(18)12(10)8-11/h6-8,13,18H,2-5,9H2,1H3/t13-/m0/s1. The summed E-state index contributed by atoms with van der Waals surface area (Å²) in [5.41, 5.74) is 2.19. The predicted molar refractivity (Wildman–Crippen MR) is 72.3 cm³/mol. The van der Waals surface area contributed by atoms with Crippen LogP contribution < -0.4 is 4.74 Å². The lowest BCUT2D eigenvalue weighted by Crippen LogP contribution is -2.09. The van der Waals surface area contributed by atoms with Gasteiger partial charge in [-0.15, -0.1) is 0 Å². The van der Waals surface area contributed by atoms with Crippen LogP contribution in [0.15, 0.2) is 22.7 Å². The molecule has 0 amide bonds.